The molecule has 6 nitrogen and oxygen atoms in total. The van der Waals surface area contributed by atoms with E-state index in [1.165, 1.54) is 0 Å². The molecular formula is C12H17FN4O2S. The Morgan fingerprint density at radius 1 is 1.15 bits per heavy atom. The van der Waals surface area contributed by atoms with E-state index in [1.807, 2.05) is 4.90 Å². The average Bonchev–Trinajstić information content (AvgIpc) is 3.25. The maximum Gasteiger partial charge on any atom is 0.225 e. The van der Waals surface area contributed by atoms with Gasteiger partial charge in [-0.1, -0.05) is 0 Å². The predicted octanol–water partition coefficient (Wildman–Crippen LogP) is 0.666. The van der Waals surface area contributed by atoms with Crippen LogP contribution in [0.5, 0.6) is 0 Å². The van der Waals surface area contributed by atoms with Gasteiger partial charge >= 0.3 is 0 Å². The molecule has 0 spiro atoms. The third-order valence-corrected chi connectivity index (χ3v) is 5.69. The minimum absolute atomic E-state index is 0.0164. The third-order valence-electron chi connectivity index (χ3n) is 3.68. The van der Waals surface area contributed by atoms with Crippen molar-refractivity contribution in [2.24, 2.45) is 0 Å². The average molecular weight is 300 g/mol. The van der Waals surface area contributed by atoms with E-state index in [2.05, 4.69) is 14.7 Å². The van der Waals surface area contributed by atoms with Gasteiger partial charge < -0.3 is 4.90 Å². The number of sulfonamides is 1. The highest BCUT2D eigenvalue weighted by atomic mass is 32.2. The number of piperidine rings is 1. The van der Waals surface area contributed by atoms with Crippen molar-refractivity contribution in [2.75, 3.05) is 18.0 Å². The summed E-state index contributed by atoms with van der Waals surface area (Å²) in [6.07, 6.45) is 5.27. The summed E-state index contributed by atoms with van der Waals surface area (Å²) in [5, 5.41) is -0.180. The Hall–Kier alpha value is -1.28. The molecule has 1 aromatic rings. The van der Waals surface area contributed by atoms with Gasteiger partial charge in [0.1, 0.15) is 0 Å². The van der Waals surface area contributed by atoms with E-state index in [0.29, 0.717) is 31.9 Å². The van der Waals surface area contributed by atoms with E-state index >= 15 is 0 Å². The molecule has 1 aliphatic carbocycles. The topological polar surface area (TPSA) is 75.2 Å². The zero-order chi connectivity index (χ0) is 14.2. The molecule has 2 heterocycles. The summed E-state index contributed by atoms with van der Waals surface area (Å²) in [5.41, 5.74) is 0. The highest BCUT2D eigenvalue weighted by Crippen LogP contribution is 2.28. The molecule has 8 heteroatoms. The van der Waals surface area contributed by atoms with Gasteiger partial charge in [-0.2, -0.15) is 0 Å². The van der Waals surface area contributed by atoms with Gasteiger partial charge in [0.2, 0.25) is 16.0 Å². The maximum absolute atomic E-state index is 12.8. The fraction of sp³-hybridized carbons (Fsp3) is 0.667. The van der Waals surface area contributed by atoms with E-state index < -0.39 is 15.8 Å². The Kier molecular flexibility index (Phi) is 3.59. The molecule has 2 fully saturated rings. The van der Waals surface area contributed by atoms with Gasteiger partial charge in [-0.3, -0.25) is 0 Å². The molecule has 0 atom stereocenters. The first-order chi connectivity index (χ1) is 9.54. The van der Waals surface area contributed by atoms with Crippen LogP contribution >= 0.6 is 0 Å². The number of hydrogen-bond donors (Lipinski definition) is 1. The number of aromatic nitrogens is 2. The summed E-state index contributed by atoms with van der Waals surface area (Å²) < 4.78 is 39.3. The van der Waals surface area contributed by atoms with Gasteiger partial charge in [-0.15, -0.1) is 0 Å². The van der Waals surface area contributed by atoms with Crippen molar-refractivity contribution in [3.05, 3.63) is 18.2 Å². The Bertz CT molecular complexity index is 566. The van der Waals surface area contributed by atoms with Crippen LogP contribution in [0.4, 0.5) is 10.3 Å². The molecular weight excluding hydrogens is 283 g/mol. The van der Waals surface area contributed by atoms with E-state index in [4.69, 9.17) is 0 Å². The summed E-state index contributed by atoms with van der Waals surface area (Å²) in [5.74, 6) is 0.0377. The molecule has 0 aromatic carbocycles. The normalized spacial score (nSPS) is 21.1. The Morgan fingerprint density at radius 2 is 1.75 bits per heavy atom. The van der Waals surface area contributed by atoms with Crippen molar-refractivity contribution in [2.45, 2.75) is 37.0 Å². The molecule has 1 saturated carbocycles. The van der Waals surface area contributed by atoms with E-state index in [1.54, 1.807) is 0 Å². The van der Waals surface area contributed by atoms with E-state index in [-0.39, 0.29) is 11.3 Å². The summed E-state index contributed by atoms with van der Waals surface area (Å²) in [6, 6.07) is -0.0164. The number of nitrogens with one attached hydrogen (secondary N) is 1. The zero-order valence-corrected chi connectivity index (χ0v) is 11.8. The molecule has 3 rings (SSSR count). The Morgan fingerprint density at radius 3 is 2.30 bits per heavy atom. The van der Waals surface area contributed by atoms with Crippen LogP contribution in [0.15, 0.2) is 12.4 Å². The lowest BCUT2D eigenvalue weighted by Crippen LogP contribution is -2.46. The maximum atomic E-state index is 12.8. The van der Waals surface area contributed by atoms with Gasteiger partial charge in [0, 0.05) is 19.1 Å². The fourth-order valence-electron chi connectivity index (χ4n) is 2.37. The van der Waals surface area contributed by atoms with Gasteiger partial charge in [-0.25, -0.2) is 27.5 Å². The second kappa shape index (κ2) is 5.25. The monoisotopic (exact) mass is 300 g/mol. The lowest BCUT2D eigenvalue weighted by Gasteiger charge is -2.32. The highest BCUT2D eigenvalue weighted by molar-refractivity contribution is 7.90. The molecule has 1 aliphatic heterocycles. The number of nitrogens with zero attached hydrogens (tertiary/aromatic N) is 3. The molecule has 0 radical (unpaired) electrons. The quantitative estimate of drug-likeness (QED) is 0.884. The first-order valence-corrected chi connectivity index (χ1v) is 8.33. The van der Waals surface area contributed by atoms with Crippen molar-refractivity contribution in [1.82, 2.24) is 14.7 Å². The molecule has 0 unspecified atom stereocenters. The lowest BCUT2D eigenvalue weighted by molar-refractivity contribution is 0.455. The van der Waals surface area contributed by atoms with Crippen molar-refractivity contribution in [3.63, 3.8) is 0 Å². The standard InChI is InChI=1S/C12H17FN4O2S/c13-9-7-14-12(15-8-9)17-5-3-10(4-6-17)16-20(18,19)11-1-2-11/h7-8,10-11,16H,1-6H2. The van der Waals surface area contributed by atoms with Crippen molar-refractivity contribution < 1.29 is 12.8 Å². The van der Waals surface area contributed by atoms with E-state index in [9.17, 15) is 12.8 Å². The first-order valence-electron chi connectivity index (χ1n) is 6.78. The van der Waals surface area contributed by atoms with E-state index in [0.717, 1.165) is 25.2 Å². The Balaban J connectivity index is 1.55. The smallest absolute Gasteiger partial charge is 0.225 e. The van der Waals surface area contributed by atoms with Crippen LogP contribution < -0.4 is 9.62 Å². The molecule has 2 aliphatic rings. The molecule has 0 bridgehead atoms. The second-order valence-corrected chi connectivity index (χ2v) is 7.32. The van der Waals surface area contributed by atoms with Crippen LogP contribution in [0.25, 0.3) is 0 Å². The van der Waals surface area contributed by atoms with Crippen LogP contribution in [-0.4, -0.2) is 42.8 Å². The summed E-state index contributed by atoms with van der Waals surface area (Å²) in [7, 11) is -3.12. The summed E-state index contributed by atoms with van der Waals surface area (Å²) >= 11 is 0. The zero-order valence-electron chi connectivity index (χ0n) is 11.0. The van der Waals surface area contributed by atoms with Gasteiger partial charge in [-0.05, 0) is 25.7 Å². The fourth-order valence-corrected chi connectivity index (χ4v) is 4.02. The number of anilines is 1. The Labute approximate surface area is 117 Å². The summed E-state index contributed by atoms with van der Waals surface area (Å²) in [6.45, 7) is 1.34. The number of rotatable bonds is 4. The SMILES string of the molecule is O=S(=O)(NC1CCN(c2ncc(F)cn2)CC1)C1CC1. The van der Waals surface area contributed by atoms with Crippen LogP contribution in [0.2, 0.25) is 0 Å². The molecule has 110 valence electrons. The van der Waals surface area contributed by atoms with Crippen molar-refractivity contribution in [1.29, 1.82) is 0 Å². The van der Waals surface area contributed by atoms with Gasteiger partial charge in [0.05, 0.1) is 17.6 Å². The number of halogens is 1. The minimum atomic E-state index is -3.12. The predicted molar refractivity (Wildman–Crippen MR) is 72.3 cm³/mol. The van der Waals surface area contributed by atoms with Crippen LogP contribution in [0, 0.1) is 5.82 Å². The lowest BCUT2D eigenvalue weighted by atomic mass is 10.1. The summed E-state index contributed by atoms with van der Waals surface area (Å²) in [4.78, 5) is 9.83. The molecule has 20 heavy (non-hydrogen) atoms. The van der Waals surface area contributed by atoms with Crippen LogP contribution in [0.1, 0.15) is 25.7 Å². The second-order valence-electron chi connectivity index (χ2n) is 5.32. The molecule has 1 saturated heterocycles. The largest absolute Gasteiger partial charge is 0.341 e. The van der Waals surface area contributed by atoms with Gasteiger partial charge in [0.15, 0.2) is 5.82 Å². The highest BCUT2D eigenvalue weighted by Gasteiger charge is 2.37. The van der Waals surface area contributed by atoms with Crippen LogP contribution in [-0.2, 0) is 10.0 Å². The number of hydrogen-bond acceptors (Lipinski definition) is 5. The van der Waals surface area contributed by atoms with Gasteiger partial charge in [0.25, 0.3) is 0 Å². The van der Waals surface area contributed by atoms with Crippen LogP contribution in [0.3, 0.4) is 0 Å². The minimum Gasteiger partial charge on any atom is -0.341 e. The third kappa shape index (κ3) is 3.06. The first kappa shape index (κ1) is 13.7. The molecule has 1 N–H and O–H groups in total. The van der Waals surface area contributed by atoms with Crippen molar-refractivity contribution >= 4 is 16.0 Å². The van der Waals surface area contributed by atoms with Crippen molar-refractivity contribution in [3.8, 4) is 0 Å². The molecule has 1 aromatic heterocycles. The molecule has 0 amide bonds.